The van der Waals surface area contributed by atoms with Crippen LogP contribution in [0.4, 0.5) is 0 Å². The van der Waals surface area contributed by atoms with Gasteiger partial charge in [-0.3, -0.25) is 9.97 Å². The molecule has 2 nitrogen and oxygen atoms in total. The van der Waals surface area contributed by atoms with E-state index in [9.17, 15) is 0 Å². The molecule has 2 aromatic heterocycles. The zero-order valence-electron chi connectivity index (χ0n) is 8.98. The van der Waals surface area contributed by atoms with Gasteiger partial charge in [-0.05, 0) is 12.1 Å². The summed E-state index contributed by atoms with van der Waals surface area (Å²) in [5.41, 5.74) is 1.95. The Balaban J connectivity index is 0.000000267. The molecule has 0 N–H and O–H groups in total. The van der Waals surface area contributed by atoms with E-state index < -0.39 is 13.0 Å². The summed E-state index contributed by atoms with van der Waals surface area (Å²) in [6, 6.07) is 12.1. The zero-order valence-corrected chi connectivity index (χ0v) is 12.9. The number of fused-ring (bicyclic) bond motifs is 3. The molecule has 6 heteroatoms. The zero-order chi connectivity index (χ0) is 13.0. The number of hydrogen-bond acceptors (Lipinski definition) is 2. The smallest absolute Gasteiger partial charge is 0.0964 e. The molecule has 0 aliphatic heterocycles. The van der Waals surface area contributed by atoms with Crippen molar-refractivity contribution in [2.24, 2.45) is 0 Å². The van der Waals surface area contributed by atoms with Crippen molar-refractivity contribution < 1.29 is 13.0 Å². The van der Waals surface area contributed by atoms with Gasteiger partial charge in [0.15, 0.2) is 0 Å². The number of hydrogen-bond donors (Lipinski definition) is 0. The number of benzene rings is 1. The normalized spacial score (nSPS) is 10.9. The van der Waals surface area contributed by atoms with Gasteiger partial charge in [0, 0.05) is 23.2 Å². The van der Waals surface area contributed by atoms with E-state index in [0.29, 0.717) is 0 Å². The first-order chi connectivity index (χ1) is 8.68. The molecule has 0 spiro atoms. The van der Waals surface area contributed by atoms with Gasteiger partial charge < -0.3 is 0 Å². The van der Waals surface area contributed by atoms with Crippen LogP contribution in [0.3, 0.4) is 0 Å². The van der Waals surface area contributed by atoms with Crippen LogP contribution in [0.1, 0.15) is 0 Å². The Morgan fingerprint density at radius 1 is 0.722 bits per heavy atom. The van der Waals surface area contributed by atoms with Crippen molar-refractivity contribution >= 4 is 50.9 Å². The van der Waals surface area contributed by atoms with E-state index in [0.717, 1.165) is 21.8 Å². The summed E-state index contributed by atoms with van der Waals surface area (Å²) in [5, 5.41) is 2.28. The summed E-state index contributed by atoms with van der Waals surface area (Å²) in [4.78, 5) is 8.69. The van der Waals surface area contributed by atoms with Gasteiger partial charge in [-0.15, -0.1) is 0 Å². The second-order valence-electron chi connectivity index (χ2n) is 3.36. The molecular weight excluding hydrogens is 381 g/mol. The van der Waals surface area contributed by atoms with E-state index in [1.807, 2.05) is 12.1 Å². The molecule has 0 fully saturated rings. The van der Waals surface area contributed by atoms with Gasteiger partial charge in [-0.2, -0.15) is 0 Å². The van der Waals surface area contributed by atoms with Gasteiger partial charge in [0.05, 0.1) is 11.0 Å². The number of nitrogens with zero attached hydrogens (tertiary/aromatic N) is 2. The molecule has 0 aliphatic carbocycles. The van der Waals surface area contributed by atoms with Gasteiger partial charge in [-0.25, -0.2) is 0 Å². The fourth-order valence-corrected chi connectivity index (χ4v) is 1.68. The Kier molecular flexibility index (Phi) is 5.14. The quantitative estimate of drug-likeness (QED) is 0.406. The third-order valence-electron chi connectivity index (χ3n) is 2.34. The van der Waals surface area contributed by atoms with E-state index in [1.54, 1.807) is 12.4 Å². The number of halogens is 3. The molecule has 0 amide bonds. The second-order valence-corrected chi connectivity index (χ2v) is 10.8. The average Bonchev–Trinajstić information content (AvgIpc) is 2.38. The van der Waals surface area contributed by atoms with E-state index >= 15 is 0 Å². The minimum Gasteiger partial charge on any atom is -0.254 e. The van der Waals surface area contributed by atoms with Gasteiger partial charge >= 0.3 is 42.1 Å². The van der Waals surface area contributed by atoms with Crippen molar-refractivity contribution in [3.8, 4) is 0 Å². The predicted molar refractivity (Wildman–Crippen MR) is 74.6 cm³/mol. The maximum Gasteiger partial charge on any atom is 0.0964 e. The Morgan fingerprint density at radius 2 is 1.11 bits per heavy atom. The summed E-state index contributed by atoms with van der Waals surface area (Å²) in [6.45, 7) is 0. The van der Waals surface area contributed by atoms with Gasteiger partial charge in [-0.1, -0.05) is 24.3 Å². The Hall–Kier alpha value is -0.467. The van der Waals surface area contributed by atoms with E-state index in [2.05, 4.69) is 34.2 Å². The van der Waals surface area contributed by atoms with Gasteiger partial charge in [0.1, 0.15) is 0 Å². The fourth-order valence-electron chi connectivity index (χ4n) is 1.68. The van der Waals surface area contributed by atoms with Crippen LogP contribution in [0, 0.1) is 0 Å². The van der Waals surface area contributed by atoms with Crippen molar-refractivity contribution in [2.45, 2.75) is 0 Å². The maximum atomic E-state index is 4.94. The van der Waals surface area contributed by atoms with Crippen LogP contribution in [0.25, 0.3) is 21.8 Å². The van der Waals surface area contributed by atoms with Crippen molar-refractivity contribution in [1.29, 1.82) is 0 Å². The third kappa shape index (κ3) is 3.52. The monoisotopic (exact) mass is 388 g/mol. The molecule has 18 heavy (non-hydrogen) atoms. The molecule has 96 valence electrons. The molecule has 0 saturated heterocycles. The van der Waals surface area contributed by atoms with E-state index in [1.165, 1.54) is 0 Å². The van der Waals surface area contributed by atoms with Gasteiger partial charge in [0.2, 0.25) is 0 Å². The van der Waals surface area contributed by atoms with E-state index in [-0.39, 0.29) is 0 Å². The van der Waals surface area contributed by atoms with Crippen molar-refractivity contribution in [2.75, 3.05) is 0 Å². The standard InChI is InChI=1S/C12H8N2.3ClH.Rh/c1-3-9-5-6-10-4-2-8-14-12(10)11(9)13-7-1;;;;/h1-8H;3*1H;/q;;;;+3/p-3. The molecule has 0 unspecified atom stereocenters. The third-order valence-corrected chi connectivity index (χ3v) is 2.34. The van der Waals surface area contributed by atoms with Crippen LogP contribution >= 0.6 is 29.1 Å². The Bertz CT molecular complexity index is 603. The molecule has 0 radical (unpaired) electrons. The molecule has 0 bridgehead atoms. The summed E-state index contributed by atoms with van der Waals surface area (Å²) < 4.78 is 0. The van der Waals surface area contributed by atoms with Gasteiger partial charge in [0.25, 0.3) is 0 Å². The first-order valence-electron chi connectivity index (χ1n) is 4.91. The molecule has 0 atom stereocenters. The van der Waals surface area contributed by atoms with Crippen LogP contribution < -0.4 is 0 Å². The molecule has 0 saturated carbocycles. The maximum absolute atomic E-state index is 4.94. The molecule has 0 aliphatic rings. The average molecular weight is 389 g/mol. The first kappa shape index (κ1) is 14.0. The molecular formula is C12H8Cl3N2Rh. The van der Waals surface area contributed by atoms with Crippen molar-refractivity contribution in [1.82, 2.24) is 9.97 Å². The predicted octanol–water partition coefficient (Wildman–Crippen LogP) is 4.85. The second kappa shape index (κ2) is 6.63. The molecule has 3 aromatic rings. The van der Waals surface area contributed by atoms with Crippen LogP contribution in [0.5, 0.6) is 0 Å². The largest absolute Gasteiger partial charge is 0.254 e. The topological polar surface area (TPSA) is 25.8 Å². The van der Waals surface area contributed by atoms with E-state index in [4.69, 9.17) is 29.1 Å². The summed E-state index contributed by atoms with van der Waals surface area (Å²) in [7, 11) is 14.8. The number of aromatic nitrogens is 2. The molecule has 1 aromatic carbocycles. The van der Waals surface area contributed by atoms with Crippen molar-refractivity contribution in [3.05, 3.63) is 48.8 Å². The Morgan fingerprint density at radius 3 is 1.50 bits per heavy atom. The Labute approximate surface area is 122 Å². The van der Waals surface area contributed by atoms with Crippen LogP contribution in [0.15, 0.2) is 48.8 Å². The van der Waals surface area contributed by atoms with Crippen LogP contribution in [-0.4, -0.2) is 9.97 Å². The SMILES string of the molecule is [Cl][Rh]([Cl])[Cl].c1cnc2c(c1)ccc1cccnc12. The van der Waals surface area contributed by atoms with Crippen LogP contribution in [-0.2, 0) is 13.0 Å². The molecule has 3 rings (SSSR count). The minimum atomic E-state index is -1.66. The first-order valence-corrected chi connectivity index (χ1v) is 11.2. The fraction of sp³-hybridized carbons (Fsp3) is 0. The summed E-state index contributed by atoms with van der Waals surface area (Å²) in [5.74, 6) is 0. The number of pyridine rings is 2. The van der Waals surface area contributed by atoms with Crippen LogP contribution in [0.2, 0.25) is 0 Å². The number of rotatable bonds is 0. The summed E-state index contributed by atoms with van der Waals surface area (Å²) in [6.07, 6.45) is 3.60. The molecule has 2 heterocycles. The minimum absolute atomic E-state index is 0.977. The summed E-state index contributed by atoms with van der Waals surface area (Å²) >= 11 is -1.66. The van der Waals surface area contributed by atoms with Crippen molar-refractivity contribution in [3.63, 3.8) is 0 Å².